The molecule has 1 fully saturated rings. The lowest BCUT2D eigenvalue weighted by molar-refractivity contribution is -0.139. The SMILES string of the molecule is CCS(=O)(=O)Oc1cc(CN(CCN(C)C)C(=O)C2CCC2)ccc1OC. The Morgan fingerprint density at radius 3 is 2.41 bits per heavy atom. The van der Waals surface area contributed by atoms with Gasteiger partial charge in [-0.15, -0.1) is 0 Å². The van der Waals surface area contributed by atoms with Crippen LogP contribution in [0.5, 0.6) is 11.5 Å². The predicted molar refractivity (Wildman–Crippen MR) is 104 cm³/mol. The first kappa shape index (κ1) is 21.5. The van der Waals surface area contributed by atoms with Crippen LogP contribution in [0.25, 0.3) is 0 Å². The second kappa shape index (κ2) is 9.41. The molecule has 152 valence electrons. The van der Waals surface area contributed by atoms with Crippen LogP contribution in [0.1, 0.15) is 31.7 Å². The minimum absolute atomic E-state index is 0.113. The van der Waals surface area contributed by atoms with E-state index in [1.807, 2.05) is 30.0 Å². The summed E-state index contributed by atoms with van der Waals surface area (Å²) in [6.07, 6.45) is 3.00. The molecule has 0 aliphatic heterocycles. The van der Waals surface area contributed by atoms with Gasteiger partial charge in [0.2, 0.25) is 5.91 Å². The number of carbonyl (C=O) groups excluding carboxylic acids is 1. The Kier molecular flexibility index (Phi) is 7.49. The Hall–Kier alpha value is -1.80. The first-order valence-electron chi connectivity index (χ1n) is 9.28. The van der Waals surface area contributed by atoms with E-state index in [1.54, 1.807) is 12.1 Å². The van der Waals surface area contributed by atoms with Gasteiger partial charge in [0.1, 0.15) is 0 Å². The first-order chi connectivity index (χ1) is 12.8. The van der Waals surface area contributed by atoms with Crippen LogP contribution >= 0.6 is 0 Å². The van der Waals surface area contributed by atoms with E-state index in [9.17, 15) is 13.2 Å². The molecule has 1 aromatic rings. The molecule has 27 heavy (non-hydrogen) atoms. The summed E-state index contributed by atoms with van der Waals surface area (Å²) in [5, 5.41) is 0. The van der Waals surface area contributed by atoms with Crippen LogP contribution < -0.4 is 8.92 Å². The maximum Gasteiger partial charge on any atom is 0.309 e. The fourth-order valence-corrected chi connectivity index (χ4v) is 3.32. The number of hydrogen-bond acceptors (Lipinski definition) is 6. The summed E-state index contributed by atoms with van der Waals surface area (Å²) >= 11 is 0. The lowest BCUT2D eigenvalue weighted by Crippen LogP contribution is -2.41. The Morgan fingerprint density at radius 1 is 1.19 bits per heavy atom. The smallest absolute Gasteiger partial charge is 0.309 e. The summed E-state index contributed by atoms with van der Waals surface area (Å²) in [6.45, 7) is 3.32. The number of rotatable bonds is 10. The zero-order chi connectivity index (χ0) is 20.0. The number of hydrogen-bond donors (Lipinski definition) is 0. The molecule has 0 spiro atoms. The molecule has 1 saturated carbocycles. The Bertz CT molecular complexity index is 744. The summed E-state index contributed by atoms with van der Waals surface area (Å²) < 4.78 is 34.1. The molecule has 0 radical (unpaired) electrons. The van der Waals surface area contributed by atoms with Crippen molar-refractivity contribution < 1.29 is 22.1 Å². The second-order valence-corrected chi connectivity index (χ2v) is 8.97. The quantitative estimate of drug-likeness (QED) is 0.562. The average molecular weight is 399 g/mol. The number of ether oxygens (including phenoxy) is 1. The van der Waals surface area contributed by atoms with E-state index in [4.69, 9.17) is 8.92 Å². The number of amides is 1. The molecule has 7 nitrogen and oxygen atoms in total. The van der Waals surface area contributed by atoms with Crippen LogP contribution in [0.2, 0.25) is 0 Å². The maximum atomic E-state index is 12.8. The second-order valence-electron chi connectivity index (χ2n) is 7.11. The van der Waals surface area contributed by atoms with Gasteiger partial charge in [-0.2, -0.15) is 8.42 Å². The van der Waals surface area contributed by atoms with Gasteiger partial charge in [-0.1, -0.05) is 12.5 Å². The van der Waals surface area contributed by atoms with Crippen molar-refractivity contribution in [3.63, 3.8) is 0 Å². The molecular formula is C19H30N2O5S. The monoisotopic (exact) mass is 398 g/mol. The molecule has 8 heteroatoms. The number of carbonyl (C=O) groups is 1. The zero-order valence-electron chi connectivity index (χ0n) is 16.6. The molecular weight excluding hydrogens is 368 g/mol. The van der Waals surface area contributed by atoms with Crippen molar-refractivity contribution in [2.45, 2.75) is 32.7 Å². The standard InChI is InChI=1S/C19H30N2O5S/c1-5-27(23,24)26-18-13-15(9-10-17(18)25-4)14-21(12-11-20(2)3)19(22)16-7-6-8-16/h9-10,13,16H,5-8,11-12,14H2,1-4H3. The Morgan fingerprint density at radius 2 is 1.89 bits per heavy atom. The zero-order valence-corrected chi connectivity index (χ0v) is 17.4. The predicted octanol–water partition coefficient (Wildman–Crippen LogP) is 2.11. The Labute approximate surface area is 162 Å². The van der Waals surface area contributed by atoms with Crippen LogP contribution in [0.3, 0.4) is 0 Å². The lowest BCUT2D eigenvalue weighted by Gasteiger charge is -2.32. The van der Waals surface area contributed by atoms with E-state index in [-0.39, 0.29) is 23.3 Å². The fourth-order valence-electron chi connectivity index (χ4n) is 2.80. The first-order valence-corrected chi connectivity index (χ1v) is 10.9. The highest BCUT2D eigenvalue weighted by molar-refractivity contribution is 7.87. The highest BCUT2D eigenvalue weighted by atomic mass is 32.2. The number of nitrogens with zero attached hydrogens (tertiary/aromatic N) is 2. The molecule has 0 unspecified atom stereocenters. The molecule has 1 amide bonds. The summed E-state index contributed by atoms with van der Waals surface area (Å²) in [4.78, 5) is 16.7. The van der Waals surface area contributed by atoms with Gasteiger partial charge in [0.25, 0.3) is 0 Å². The average Bonchev–Trinajstić information content (AvgIpc) is 2.56. The number of benzene rings is 1. The van der Waals surface area contributed by atoms with Crippen LogP contribution in [-0.2, 0) is 21.5 Å². The van der Waals surface area contributed by atoms with Crippen molar-refractivity contribution in [3.8, 4) is 11.5 Å². The van der Waals surface area contributed by atoms with Gasteiger partial charge in [-0.3, -0.25) is 4.79 Å². The lowest BCUT2D eigenvalue weighted by atomic mass is 9.84. The number of likely N-dealkylation sites (N-methyl/N-ethyl adjacent to an activating group) is 1. The van der Waals surface area contributed by atoms with E-state index >= 15 is 0 Å². The summed E-state index contributed by atoms with van der Waals surface area (Å²) in [5.41, 5.74) is 0.809. The molecule has 0 aromatic heterocycles. The molecule has 0 heterocycles. The molecule has 1 aliphatic carbocycles. The van der Waals surface area contributed by atoms with Gasteiger partial charge in [0.15, 0.2) is 11.5 Å². The van der Waals surface area contributed by atoms with Gasteiger partial charge in [0.05, 0.1) is 12.9 Å². The van der Waals surface area contributed by atoms with E-state index in [1.165, 1.54) is 14.0 Å². The number of methoxy groups -OCH3 is 1. The van der Waals surface area contributed by atoms with E-state index < -0.39 is 10.1 Å². The largest absolute Gasteiger partial charge is 0.493 e. The van der Waals surface area contributed by atoms with Crippen molar-refractivity contribution >= 4 is 16.0 Å². The molecule has 0 atom stereocenters. The van der Waals surface area contributed by atoms with Crippen molar-refractivity contribution in [1.82, 2.24) is 9.80 Å². The maximum absolute atomic E-state index is 12.8. The summed E-state index contributed by atoms with van der Waals surface area (Å²) in [5.74, 6) is 0.654. The van der Waals surface area contributed by atoms with Crippen molar-refractivity contribution in [3.05, 3.63) is 23.8 Å². The van der Waals surface area contributed by atoms with Gasteiger partial charge in [0, 0.05) is 25.6 Å². The van der Waals surface area contributed by atoms with E-state index in [0.717, 1.165) is 31.4 Å². The van der Waals surface area contributed by atoms with Crippen LogP contribution in [-0.4, -0.2) is 64.2 Å². The van der Waals surface area contributed by atoms with Crippen LogP contribution in [0.4, 0.5) is 0 Å². The van der Waals surface area contributed by atoms with Gasteiger partial charge in [-0.05, 0) is 51.6 Å². The highest BCUT2D eigenvalue weighted by Crippen LogP contribution is 2.31. The van der Waals surface area contributed by atoms with Crippen molar-refractivity contribution in [2.24, 2.45) is 5.92 Å². The minimum Gasteiger partial charge on any atom is -0.493 e. The van der Waals surface area contributed by atoms with Gasteiger partial charge < -0.3 is 18.7 Å². The molecule has 1 aromatic carbocycles. The van der Waals surface area contributed by atoms with E-state index in [0.29, 0.717) is 18.8 Å². The topological polar surface area (TPSA) is 76.2 Å². The molecule has 0 N–H and O–H groups in total. The summed E-state index contributed by atoms with van der Waals surface area (Å²) in [7, 11) is 1.74. The molecule has 0 bridgehead atoms. The molecule has 1 aliphatic rings. The Balaban J connectivity index is 2.21. The third-order valence-electron chi connectivity index (χ3n) is 4.75. The summed E-state index contributed by atoms with van der Waals surface area (Å²) in [6, 6.07) is 5.15. The van der Waals surface area contributed by atoms with Crippen LogP contribution in [0, 0.1) is 5.92 Å². The van der Waals surface area contributed by atoms with Crippen molar-refractivity contribution in [1.29, 1.82) is 0 Å². The highest BCUT2D eigenvalue weighted by Gasteiger charge is 2.29. The third kappa shape index (κ3) is 6.10. The van der Waals surface area contributed by atoms with E-state index in [2.05, 4.69) is 0 Å². The minimum atomic E-state index is -3.66. The van der Waals surface area contributed by atoms with Crippen molar-refractivity contribution in [2.75, 3.05) is 40.0 Å². The molecule has 0 saturated heterocycles. The van der Waals surface area contributed by atoms with Crippen LogP contribution in [0.15, 0.2) is 18.2 Å². The van der Waals surface area contributed by atoms with Gasteiger partial charge >= 0.3 is 10.1 Å². The molecule has 2 rings (SSSR count). The normalized spacial score (nSPS) is 14.7. The third-order valence-corrected chi connectivity index (χ3v) is 5.90. The fraction of sp³-hybridized carbons (Fsp3) is 0.632. The van der Waals surface area contributed by atoms with Gasteiger partial charge in [-0.25, -0.2) is 0 Å².